The Hall–Kier alpha value is -2.81. The first-order valence-electron chi connectivity index (χ1n) is 8.58. The molecule has 0 atom stereocenters. The minimum atomic E-state index is -0.268. The number of benzene rings is 3. The number of rotatable bonds is 7. The van der Waals surface area contributed by atoms with Crippen LogP contribution in [0.15, 0.2) is 66.7 Å². The van der Waals surface area contributed by atoms with Crippen molar-refractivity contribution in [2.75, 3.05) is 13.2 Å². The molecule has 3 rings (SSSR count). The first kappa shape index (κ1) is 17.0. The third kappa shape index (κ3) is 4.83. The molecule has 0 heterocycles. The van der Waals surface area contributed by atoms with Gasteiger partial charge in [-0.3, -0.25) is 0 Å². The number of unbranched alkanes of at least 4 members (excludes halogenated alkanes) is 1. The van der Waals surface area contributed by atoms with Crippen molar-refractivity contribution in [3.05, 3.63) is 77.9 Å². The molecule has 0 aromatic heterocycles. The Balaban J connectivity index is 1.37. The minimum Gasteiger partial charge on any atom is -0.494 e. The number of fused-ring (bicyclic) bond motifs is 1. The van der Waals surface area contributed by atoms with Crippen LogP contribution in [-0.4, -0.2) is 19.2 Å². The van der Waals surface area contributed by atoms with Crippen LogP contribution in [0.5, 0.6) is 5.75 Å². The zero-order valence-corrected chi connectivity index (χ0v) is 14.4. The van der Waals surface area contributed by atoms with Crippen molar-refractivity contribution in [1.29, 1.82) is 0 Å². The lowest BCUT2D eigenvalue weighted by Crippen LogP contribution is -2.07. The third-order valence-corrected chi connectivity index (χ3v) is 4.05. The van der Waals surface area contributed by atoms with Crippen LogP contribution in [0.3, 0.4) is 0 Å². The van der Waals surface area contributed by atoms with Crippen molar-refractivity contribution in [2.45, 2.75) is 19.8 Å². The average molecular weight is 334 g/mol. The summed E-state index contributed by atoms with van der Waals surface area (Å²) in [6.07, 6.45) is 1.62. The van der Waals surface area contributed by atoms with Crippen molar-refractivity contribution >= 4 is 16.7 Å². The van der Waals surface area contributed by atoms with E-state index in [-0.39, 0.29) is 5.97 Å². The molecule has 0 spiro atoms. The standard InChI is InChI=1S/C22H22O3/c1-17-8-10-19(11-9-17)22(23)25-15-5-4-14-24-21-13-12-18-6-2-3-7-20(18)16-21/h2-3,6-13,16H,4-5,14-15H2,1H3. The summed E-state index contributed by atoms with van der Waals surface area (Å²) in [6, 6.07) is 21.7. The van der Waals surface area contributed by atoms with E-state index in [9.17, 15) is 4.79 Å². The van der Waals surface area contributed by atoms with E-state index in [2.05, 4.69) is 18.2 Å². The molecule has 3 aromatic rings. The van der Waals surface area contributed by atoms with Gasteiger partial charge in [0.15, 0.2) is 0 Å². The molecular weight excluding hydrogens is 312 g/mol. The van der Waals surface area contributed by atoms with Gasteiger partial charge in [-0.1, -0.05) is 48.0 Å². The summed E-state index contributed by atoms with van der Waals surface area (Å²) in [4.78, 5) is 11.9. The molecule has 0 saturated heterocycles. The van der Waals surface area contributed by atoms with Gasteiger partial charge in [-0.05, 0) is 54.8 Å². The Labute approximate surface area is 148 Å². The third-order valence-electron chi connectivity index (χ3n) is 4.05. The first-order valence-corrected chi connectivity index (χ1v) is 8.58. The maximum absolute atomic E-state index is 11.9. The number of ether oxygens (including phenoxy) is 2. The lowest BCUT2D eigenvalue weighted by atomic mass is 10.1. The fourth-order valence-electron chi connectivity index (χ4n) is 2.59. The Morgan fingerprint density at radius 2 is 1.56 bits per heavy atom. The number of hydrogen-bond donors (Lipinski definition) is 0. The Kier molecular flexibility index (Phi) is 5.68. The molecule has 0 amide bonds. The predicted molar refractivity (Wildman–Crippen MR) is 100 cm³/mol. The first-order chi connectivity index (χ1) is 12.2. The molecule has 0 aliphatic heterocycles. The molecule has 0 N–H and O–H groups in total. The zero-order valence-electron chi connectivity index (χ0n) is 14.4. The summed E-state index contributed by atoms with van der Waals surface area (Å²) < 4.78 is 11.1. The highest BCUT2D eigenvalue weighted by Gasteiger charge is 2.06. The van der Waals surface area contributed by atoms with Crippen LogP contribution in [0.4, 0.5) is 0 Å². The van der Waals surface area contributed by atoms with Crippen molar-refractivity contribution in [3.8, 4) is 5.75 Å². The molecule has 25 heavy (non-hydrogen) atoms. The largest absolute Gasteiger partial charge is 0.494 e. The summed E-state index contributed by atoms with van der Waals surface area (Å²) in [7, 11) is 0. The molecule has 0 aliphatic carbocycles. The zero-order chi connectivity index (χ0) is 17.5. The lowest BCUT2D eigenvalue weighted by Gasteiger charge is -2.08. The van der Waals surface area contributed by atoms with E-state index in [1.807, 2.05) is 43.3 Å². The Morgan fingerprint density at radius 3 is 2.36 bits per heavy atom. The monoisotopic (exact) mass is 334 g/mol. The molecule has 0 unspecified atom stereocenters. The fourth-order valence-corrected chi connectivity index (χ4v) is 2.59. The van der Waals surface area contributed by atoms with Gasteiger partial charge in [-0.15, -0.1) is 0 Å². The maximum Gasteiger partial charge on any atom is 0.338 e. The quantitative estimate of drug-likeness (QED) is 0.442. The molecule has 0 aliphatic rings. The number of carbonyl (C=O) groups excluding carboxylic acids is 1. The smallest absolute Gasteiger partial charge is 0.338 e. The normalized spacial score (nSPS) is 10.6. The summed E-state index contributed by atoms with van der Waals surface area (Å²) in [5.41, 5.74) is 1.72. The molecule has 3 nitrogen and oxygen atoms in total. The van der Waals surface area contributed by atoms with Crippen LogP contribution in [0.25, 0.3) is 10.8 Å². The van der Waals surface area contributed by atoms with Crippen LogP contribution in [-0.2, 0) is 4.74 Å². The molecule has 3 aromatic carbocycles. The van der Waals surface area contributed by atoms with Gasteiger partial charge in [-0.25, -0.2) is 4.79 Å². The second-order valence-corrected chi connectivity index (χ2v) is 6.07. The van der Waals surface area contributed by atoms with E-state index in [0.717, 1.165) is 24.2 Å². The van der Waals surface area contributed by atoms with Gasteiger partial charge in [-0.2, -0.15) is 0 Å². The van der Waals surface area contributed by atoms with Crippen molar-refractivity contribution in [2.24, 2.45) is 0 Å². The molecule has 3 heteroatoms. The van der Waals surface area contributed by atoms with E-state index in [0.29, 0.717) is 18.8 Å². The van der Waals surface area contributed by atoms with Crippen molar-refractivity contribution in [3.63, 3.8) is 0 Å². The number of hydrogen-bond acceptors (Lipinski definition) is 3. The Morgan fingerprint density at radius 1 is 0.840 bits per heavy atom. The van der Waals surface area contributed by atoms with Crippen LogP contribution in [0.1, 0.15) is 28.8 Å². The highest BCUT2D eigenvalue weighted by atomic mass is 16.5. The topological polar surface area (TPSA) is 35.5 Å². The maximum atomic E-state index is 11.9. The van der Waals surface area contributed by atoms with Gasteiger partial charge in [0, 0.05) is 0 Å². The molecule has 0 saturated carbocycles. The van der Waals surface area contributed by atoms with E-state index in [4.69, 9.17) is 9.47 Å². The van der Waals surface area contributed by atoms with Gasteiger partial charge in [0.25, 0.3) is 0 Å². The van der Waals surface area contributed by atoms with Crippen LogP contribution in [0, 0.1) is 6.92 Å². The summed E-state index contributed by atoms with van der Waals surface area (Å²) in [5.74, 6) is 0.603. The van der Waals surface area contributed by atoms with E-state index in [1.54, 1.807) is 12.1 Å². The SMILES string of the molecule is Cc1ccc(C(=O)OCCCCOc2ccc3ccccc3c2)cc1. The molecule has 0 fully saturated rings. The number of esters is 1. The van der Waals surface area contributed by atoms with Crippen LogP contribution < -0.4 is 4.74 Å². The highest BCUT2D eigenvalue weighted by molar-refractivity contribution is 5.89. The summed E-state index contributed by atoms with van der Waals surface area (Å²) >= 11 is 0. The van der Waals surface area contributed by atoms with Gasteiger partial charge in [0.1, 0.15) is 5.75 Å². The van der Waals surface area contributed by atoms with Gasteiger partial charge < -0.3 is 9.47 Å². The van der Waals surface area contributed by atoms with E-state index in [1.165, 1.54) is 10.8 Å². The Bertz CT molecular complexity index is 837. The highest BCUT2D eigenvalue weighted by Crippen LogP contribution is 2.20. The predicted octanol–water partition coefficient (Wildman–Crippen LogP) is 5.16. The lowest BCUT2D eigenvalue weighted by molar-refractivity contribution is 0.0494. The van der Waals surface area contributed by atoms with Crippen molar-refractivity contribution in [1.82, 2.24) is 0 Å². The van der Waals surface area contributed by atoms with Gasteiger partial charge in [0.2, 0.25) is 0 Å². The summed E-state index contributed by atoms with van der Waals surface area (Å²) in [6.45, 7) is 3.01. The second kappa shape index (κ2) is 8.34. The molecule has 128 valence electrons. The second-order valence-electron chi connectivity index (χ2n) is 6.07. The molecule has 0 bridgehead atoms. The van der Waals surface area contributed by atoms with Gasteiger partial charge in [0.05, 0.1) is 18.8 Å². The van der Waals surface area contributed by atoms with E-state index >= 15 is 0 Å². The molecule has 0 radical (unpaired) electrons. The van der Waals surface area contributed by atoms with E-state index < -0.39 is 0 Å². The van der Waals surface area contributed by atoms with Crippen LogP contribution >= 0.6 is 0 Å². The minimum absolute atomic E-state index is 0.268. The van der Waals surface area contributed by atoms with Crippen molar-refractivity contribution < 1.29 is 14.3 Å². The average Bonchev–Trinajstić information content (AvgIpc) is 2.65. The summed E-state index contributed by atoms with van der Waals surface area (Å²) in [5, 5.41) is 2.38. The van der Waals surface area contributed by atoms with Gasteiger partial charge >= 0.3 is 5.97 Å². The van der Waals surface area contributed by atoms with Crippen LogP contribution in [0.2, 0.25) is 0 Å². The number of aryl methyl sites for hydroxylation is 1. The number of carbonyl (C=O) groups is 1. The fraction of sp³-hybridized carbons (Fsp3) is 0.227. The molecular formula is C22H22O3.